The average molecular weight is 436 g/mol. The van der Waals surface area contributed by atoms with Crippen LogP contribution in [0.15, 0.2) is 33.3 Å². The van der Waals surface area contributed by atoms with Crippen LogP contribution in [0.5, 0.6) is 11.5 Å². The molecule has 0 spiro atoms. The fraction of sp³-hybridized carbons (Fsp3) is 0.471. The average Bonchev–Trinajstić information content (AvgIpc) is 2.88. The van der Waals surface area contributed by atoms with Crippen molar-refractivity contribution in [3.63, 3.8) is 0 Å². The molecule has 1 aromatic carbocycles. The first kappa shape index (κ1) is 21.8. The quantitative estimate of drug-likeness (QED) is 0.628. The van der Waals surface area contributed by atoms with E-state index >= 15 is 0 Å². The zero-order valence-electron chi connectivity index (χ0n) is 14.5. The summed E-state index contributed by atoms with van der Waals surface area (Å²) in [5.41, 5.74) is 0.777. The van der Waals surface area contributed by atoms with Crippen LogP contribution in [-0.2, 0) is 6.61 Å². The number of para-hydroxylation sites is 2. The minimum atomic E-state index is -0.591. The fourth-order valence-electron chi connectivity index (χ4n) is 1.94. The van der Waals surface area contributed by atoms with Gasteiger partial charge in [0.1, 0.15) is 12.7 Å². The molecule has 0 aliphatic carbocycles. The molecule has 0 amide bonds. The number of ether oxygens (including phenoxy) is 2. The molecule has 0 radical (unpaired) electrons. The summed E-state index contributed by atoms with van der Waals surface area (Å²) >= 11 is 3.41. The van der Waals surface area contributed by atoms with E-state index in [4.69, 9.17) is 14.0 Å². The number of hydrogen-bond donors (Lipinski definition) is 2. The summed E-state index contributed by atoms with van der Waals surface area (Å²) in [5, 5.41) is 17.0. The number of aromatic nitrogens is 1. The van der Waals surface area contributed by atoms with Crippen LogP contribution in [0.25, 0.3) is 0 Å². The van der Waals surface area contributed by atoms with Gasteiger partial charge in [0.05, 0.1) is 10.2 Å². The molecule has 1 atom stereocenters. The molecule has 8 heteroatoms. The second-order valence-corrected chi connectivity index (χ2v) is 6.56. The highest BCUT2D eigenvalue weighted by Gasteiger charge is 2.13. The number of nitrogens with zero attached hydrogens (tertiary/aromatic N) is 1. The van der Waals surface area contributed by atoms with Gasteiger partial charge in [0.2, 0.25) is 0 Å². The Kier molecular flexibility index (Phi) is 9.27. The summed E-state index contributed by atoms with van der Waals surface area (Å²) < 4.78 is 17.4. The van der Waals surface area contributed by atoms with Gasteiger partial charge < -0.3 is 24.4 Å². The molecule has 2 aromatic rings. The lowest BCUT2D eigenvalue weighted by Gasteiger charge is -2.16. The van der Waals surface area contributed by atoms with Crippen molar-refractivity contribution in [1.29, 1.82) is 0 Å². The largest absolute Gasteiger partial charge is 0.487 e. The van der Waals surface area contributed by atoms with Crippen molar-refractivity contribution in [2.45, 2.75) is 39.5 Å². The second-order valence-electron chi connectivity index (χ2n) is 5.77. The molecule has 6 nitrogen and oxygen atoms in total. The number of benzene rings is 1. The lowest BCUT2D eigenvalue weighted by atomic mass is 10.3. The number of hydrogen-bond acceptors (Lipinski definition) is 6. The first-order valence-corrected chi connectivity index (χ1v) is 8.63. The zero-order chi connectivity index (χ0) is 17.5. The van der Waals surface area contributed by atoms with E-state index in [0.29, 0.717) is 29.8 Å². The molecule has 2 rings (SSSR count). The topological polar surface area (TPSA) is 76.8 Å². The minimum absolute atomic E-state index is 0. The Labute approximate surface area is 162 Å². The summed E-state index contributed by atoms with van der Waals surface area (Å²) in [6.45, 7) is 6.80. The van der Waals surface area contributed by atoms with E-state index in [1.54, 1.807) is 6.07 Å². The molecule has 0 saturated carbocycles. The SMILES string of the molecule is Cc1noc(COc2ccccc2OCC(O)CNC(C)C)c1Br.Cl. The monoisotopic (exact) mass is 434 g/mol. The molecule has 1 heterocycles. The normalized spacial score (nSPS) is 11.9. The molecule has 0 aliphatic rings. The van der Waals surface area contributed by atoms with Crippen LogP contribution >= 0.6 is 28.3 Å². The van der Waals surface area contributed by atoms with Crippen molar-refractivity contribution >= 4 is 28.3 Å². The molecule has 1 aromatic heterocycles. The van der Waals surface area contributed by atoms with Crippen LogP contribution in [0.3, 0.4) is 0 Å². The predicted molar refractivity (Wildman–Crippen MR) is 102 cm³/mol. The van der Waals surface area contributed by atoms with Gasteiger partial charge in [-0.2, -0.15) is 0 Å². The molecular formula is C17H24BrClN2O4. The molecular weight excluding hydrogens is 412 g/mol. The van der Waals surface area contributed by atoms with E-state index in [1.165, 1.54) is 0 Å². The second kappa shape index (κ2) is 10.7. The van der Waals surface area contributed by atoms with Gasteiger partial charge in [0.15, 0.2) is 23.9 Å². The van der Waals surface area contributed by atoms with Gasteiger partial charge in [-0.25, -0.2) is 0 Å². The Morgan fingerprint density at radius 2 is 1.88 bits per heavy atom. The van der Waals surface area contributed by atoms with E-state index in [0.717, 1.165) is 10.2 Å². The molecule has 0 bridgehead atoms. The third kappa shape index (κ3) is 6.86. The third-order valence-corrected chi connectivity index (χ3v) is 4.27. The van der Waals surface area contributed by atoms with Gasteiger partial charge in [-0.3, -0.25) is 0 Å². The van der Waals surface area contributed by atoms with Gasteiger partial charge in [0, 0.05) is 12.6 Å². The van der Waals surface area contributed by atoms with Gasteiger partial charge in [-0.05, 0) is 35.0 Å². The van der Waals surface area contributed by atoms with Crippen LogP contribution in [0.2, 0.25) is 0 Å². The van der Waals surface area contributed by atoms with Crippen molar-refractivity contribution < 1.29 is 19.1 Å². The molecule has 0 fully saturated rings. The Balaban J connectivity index is 0.00000312. The van der Waals surface area contributed by atoms with E-state index < -0.39 is 6.10 Å². The Morgan fingerprint density at radius 3 is 2.44 bits per heavy atom. The summed E-state index contributed by atoms with van der Waals surface area (Å²) in [6.07, 6.45) is -0.591. The van der Waals surface area contributed by atoms with Crippen LogP contribution in [0.4, 0.5) is 0 Å². The van der Waals surface area contributed by atoms with E-state index in [1.807, 2.05) is 39.0 Å². The first-order valence-electron chi connectivity index (χ1n) is 7.84. The maximum absolute atomic E-state index is 9.94. The van der Waals surface area contributed by atoms with Gasteiger partial charge in [-0.1, -0.05) is 31.1 Å². The van der Waals surface area contributed by atoms with Crippen LogP contribution in [-0.4, -0.2) is 35.6 Å². The lowest BCUT2D eigenvalue weighted by molar-refractivity contribution is 0.102. The van der Waals surface area contributed by atoms with Crippen molar-refractivity contribution in [2.75, 3.05) is 13.2 Å². The van der Waals surface area contributed by atoms with E-state index in [-0.39, 0.29) is 25.6 Å². The predicted octanol–water partition coefficient (Wildman–Crippen LogP) is 3.48. The number of aliphatic hydroxyl groups excluding tert-OH is 1. The summed E-state index contributed by atoms with van der Waals surface area (Å²) in [7, 11) is 0. The van der Waals surface area contributed by atoms with Crippen molar-refractivity contribution in [3.05, 3.63) is 40.2 Å². The van der Waals surface area contributed by atoms with Crippen molar-refractivity contribution in [1.82, 2.24) is 10.5 Å². The Bertz CT molecular complexity index is 651. The van der Waals surface area contributed by atoms with E-state index in [9.17, 15) is 5.11 Å². The Hall–Kier alpha value is -1.28. The lowest BCUT2D eigenvalue weighted by Crippen LogP contribution is -2.35. The zero-order valence-corrected chi connectivity index (χ0v) is 16.9. The molecule has 140 valence electrons. The highest BCUT2D eigenvalue weighted by atomic mass is 79.9. The summed E-state index contributed by atoms with van der Waals surface area (Å²) in [5.74, 6) is 1.78. The third-order valence-electron chi connectivity index (χ3n) is 3.26. The maximum Gasteiger partial charge on any atom is 0.188 e. The van der Waals surface area contributed by atoms with Crippen molar-refractivity contribution in [3.8, 4) is 11.5 Å². The number of aryl methyl sites for hydroxylation is 1. The smallest absolute Gasteiger partial charge is 0.188 e. The van der Waals surface area contributed by atoms with Crippen LogP contribution < -0.4 is 14.8 Å². The number of aliphatic hydroxyl groups is 1. The number of rotatable bonds is 9. The molecule has 0 saturated heterocycles. The molecule has 2 N–H and O–H groups in total. The minimum Gasteiger partial charge on any atom is -0.487 e. The van der Waals surface area contributed by atoms with Gasteiger partial charge in [-0.15, -0.1) is 12.4 Å². The van der Waals surface area contributed by atoms with Gasteiger partial charge >= 0.3 is 0 Å². The first-order chi connectivity index (χ1) is 11.5. The van der Waals surface area contributed by atoms with Crippen molar-refractivity contribution in [2.24, 2.45) is 0 Å². The Morgan fingerprint density at radius 1 is 1.24 bits per heavy atom. The van der Waals surface area contributed by atoms with Crippen LogP contribution in [0, 0.1) is 6.92 Å². The van der Waals surface area contributed by atoms with Crippen LogP contribution in [0.1, 0.15) is 25.3 Å². The molecule has 0 aliphatic heterocycles. The number of halogens is 2. The van der Waals surface area contributed by atoms with E-state index in [2.05, 4.69) is 26.4 Å². The highest BCUT2D eigenvalue weighted by Crippen LogP contribution is 2.29. The molecule has 25 heavy (non-hydrogen) atoms. The summed E-state index contributed by atoms with van der Waals surface area (Å²) in [4.78, 5) is 0. The molecule has 1 unspecified atom stereocenters. The maximum atomic E-state index is 9.94. The summed E-state index contributed by atoms with van der Waals surface area (Å²) in [6, 6.07) is 7.65. The highest BCUT2D eigenvalue weighted by molar-refractivity contribution is 9.10. The fourth-order valence-corrected chi connectivity index (χ4v) is 2.20. The standard InChI is InChI=1S/C17H23BrN2O4.ClH/c1-11(2)19-8-13(21)9-22-14-6-4-5-7-15(14)23-10-16-17(18)12(3)20-24-16;/h4-7,11,13,19,21H,8-10H2,1-3H3;1H. The number of nitrogens with one attached hydrogen (secondary N) is 1. The van der Waals surface area contributed by atoms with Gasteiger partial charge in [0.25, 0.3) is 0 Å².